The van der Waals surface area contributed by atoms with Crippen LogP contribution in [0.1, 0.15) is 24.3 Å². The van der Waals surface area contributed by atoms with Crippen molar-refractivity contribution in [2.24, 2.45) is 0 Å². The summed E-state index contributed by atoms with van der Waals surface area (Å²) in [5.41, 5.74) is 5.05. The van der Waals surface area contributed by atoms with Gasteiger partial charge in [-0.2, -0.15) is 9.59 Å². The van der Waals surface area contributed by atoms with Gasteiger partial charge in [-0.1, -0.05) is 96.2 Å². The number of carbonyl (C=O) groups is 1. The number of anilines is 1. The minimum atomic E-state index is -0.559. The Morgan fingerprint density at radius 2 is 1.43 bits per heavy atom. The summed E-state index contributed by atoms with van der Waals surface area (Å²) >= 11 is 0. The number of aryl methyl sites for hydroxylation is 1. The maximum Gasteiger partial charge on any atom is 0.412 e. The van der Waals surface area contributed by atoms with Gasteiger partial charge in [-0.3, -0.25) is 5.32 Å². The van der Waals surface area contributed by atoms with Crippen LogP contribution in [-0.4, -0.2) is 17.4 Å². The van der Waals surface area contributed by atoms with E-state index in [1.165, 1.54) is 10.8 Å². The van der Waals surface area contributed by atoms with Gasteiger partial charge >= 0.3 is 12.2 Å². The van der Waals surface area contributed by atoms with Crippen molar-refractivity contribution >= 4 is 28.7 Å². The van der Waals surface area contributed by atoms with E-state index in [1.807, 2.05) is 73.7 Å². The van der Waals surface area contributed by atoms with Crippen molar-refractivity contribution in [3.05, 3.63) is 108 Å². The molecule has 0 spiro atoms. The van der Waals surface area contributed by atoms with E-state index < -0.39 is 6.09 Å². The molecular formula is C30H24N2O5. The topological polar surface area (TPSA) is 98.5 Å². The van der Waals surface area contributed by atoms with E-state index in [2.05, 4.69) is 40.8 Å². The maximum atomic E-state index is 12.6. The van der Waals surface area contributed by atoms with Crippen molar-refractivity contribution in [2.75, 3.05) is 5.32 Å². The normalized spacial score (nSPS) is 11.1. The lowest BCUT2D eigenvalue weighted by Gasteiger charge is -2.14. The van der Waals surface area contributed by atoms with Crippen LogP contribution in [0.5, 0.6) is 0 Å². The molecule has 0 aliphatic heterocycles. The molecule has 0 bridgehead atoms. The molecule has 7 heteroatoms. The van der Waals surface area contributed by atoms with Gasteiger partial charge in [-0.25, -0.2) is 4.79 Å². The van der Waals surface area contributed by atoms with Crippen LogP contribution in [0.3, 0.4) is 0 Å². The van der Waals surface area contributed by atoms with Crippen molar-refractivity contribution in [1.82, 2.24) is 5.16 Å². The SMILES string of the molecule is Cc1noc(-c2ccc(-c3ccc4ccccc4c3)cc2)c1NC(=O)OC(C)c1ccccc1.O=C=O. The first kappa shape index (κ1) is 25.1. The molecule has 0 saturated carbocycles. The van der Waals surface area contributed by atoms with Crippen LogP contribution in [0.2, 0.25) is 0 Å². The fraction of sp³-hybridized carbons (Fsp3) is 0.100. The second kappa shape index (κ2) is 11.6. The van der Waals surface area contributed by atoms with Gasteiger partial charge in [0.2, 0.25) is 0 Å². The zero-order chi connectivity index (χ0) is 26.2. The number of hydrogen-bond acceptors (Lipinski definition) is 6. The Bertz CT molecular complexity index is 1540. The third-order valence-electron chi connectivity index (χ3n) is 5.87. The van der Waals surface area contributed by atoms with Gasteiger partial charge in [0.1, 0.15) is 17.5 Å². The molecule has 5 aromatic rings. The highest BCUT2D eigenvalue weighted by Crippen LogP contribution is 2.33. The Morgan fingerprint density at radius 1 is 0.838 bits per heavy atom. The first-order chi connectivity index (χ1) is 18.0. The van der Waals surface area contributed by atoms with E-state index >= 15 is 0 Å². The molecule has 0 aliphatic rings. The molecule has 184 valence electrons. The van der Waals surface area contributed by atoms with Gasteiger partial charge in [-0.05, 0) is 47.4 Å². The molecule has 1 aromatic heterocycles. The molecule has 0 radical (unpaired) electrons. The largest absolute Gasteiger partial charge is 0.441 e. The third kappa shape index (κ3) is 5.99. The Hall–Kier alpha value is -5.00. The zero-order valence-electron chi connectivity index (χ0n) is 20.3. The van der Waals surface area contributed by atoms with Gasteiger partial charge in [0.15, 0.2) is 5.76 Å². The van der Waals surface area contributed by atoms with Crippen molar-refractivity contribution in [2.45, 2.75) is 20.0 Å². The lowest BCUT2D eigenvalue weighted by atomic mass is 9.99. The van der Waals surface area contributed by atoms with E-state index in [0.29, 0.717) is 17.1 Å². The number of amides is 1. The fourth-order valence-corrected chi connectivity index (χ4v) is 3.98. The van der Waals surface area contributed by atoms with Crippen LogP contribution in [-0.2, 0) is 14.3 Å². The van der Waals surface area contributed by atoms with E-state index in [1.54, 1.807) is 6.92 Å². The van der Waals surface area contributed by atoms with Gasteiger partial charge in [0.05, 0.1) is 0 Å². The summed E-state index contributed by atoms with van der Waals surface area (Å²) in [5.74, 6) is 0.492. The van der Waals surface area contributed by atoms with Crippen LogP contribution >= 0.6 is 0 Å². The standard InChI is InChI=1S/C29H24N2O3.CO2/c1-19-27(30-29(32)33-20(2)21-8-4-3-5-9-21)28(34-31-19)24-15-12-23(13-16-24)26-17-14-22-10-6-7-11-25(22)18-26;2-1-3/h3-18,20H,1-2H3,(H,30,32);. The highest BCUT2D eigenvalue weighted by atomic mass is 16.6. The molecular weight excluding hydrogens is 468 g/mol. The second-order valence-corrected chi connectivity index (χ2v) is 8.28. The van der Waals surface area contributed by atoms with Gasteiger partial charge in [0, 0.05) is 5.56 Å². The quantitative estimate of drug-likeness (QED) is 0.279. The fourth-order valence-electron chi connectivity index (χ4n) is 3.98. The van der Waals surface area contributed by atoms with E-state index in [4.69, 9.17) is 18.8 Å². The summed E-state index contributed by atoms with van der Waals surface area (Å²) in [5, 5.41) is 9.27. The summed E-state index contributed by atoms with van der Waals surface area (Å²) < 4.78 is 11.1. The summed E-state index contributed by atoms with van der Waals surface area (Å²) in [6, 6.07) is 32.3. The van der Waals surface area contributed by atoms with Gasteiger partial charge in [0.25, 0.3) is 0 Å². The lowest BCUT2D eigenvalue weighted by molar-refractivity contribution is -0.191. The molecule has 5 rings (SSSR count). The Labute approximate surface area is 213 Å². The highest BCUT2D eigenvalue weighted by molar-refractivity contribution is 5.91. The third-order valence-corrected chi connectivity index (χ3v) is 5.87. The molecule has 0 saturated heterocycles. The van der Waals surface area contributed by atoms with Crippen LogP contribution in [0.15, 0.2) is 102 Å². The molecule has 0 fully saturated rings. The summed E-state index contributed by atoms with van der Waals surface area (Å²) in [7, 11) is 0. The average Bonchev–Trinajstić information content (AvgIpc) is 3.29. The number of carbonyl (C=O) groups excluding carboxylic acids is 3. The van der Waals surface area contributed by atoms with E-state index in [-0.39, 0.29) is 12.3 Å². The van der Waals surface area contributed by atoms with E-state index in [0.717, 1.165) is 22.3 Å². The minimum Gasteiger partial charge on any atom is -0.441 e. The number of benzene rings is 4. The number of hydrogen-bond donors (Lipinski definition) is 1. The smallest absolute Gasteiger partial charge is 0.412 e. The van der Waals surface area contributed by atoms with Crippen LogP contribution in [0.25, 0.3) is 33.2 Å². The number of ether oxygens (including phenoxy) is 1. The monoisotopic (exact) mass is 492 g/mol. The average molecular weight is 493 g/mol. The minimum absolute atomic E-state index is 0.250. The molecule has 1 atom stereocenters. The molecule has 0 aliphatic carbocycles. The molecule has 4 aromatic carbocycles. The lowest BCUT2D eigenvalue weighted by Crippen LogP contribution is -2.16. The number of nitrogens with one attached hydrogen (secondary N) is 1. The van der Waals surface area contributed by atoms with E-state index in [9.17, 15) is 4.79 Å². The number of rotatable bonds is 5. The number of fused-ring (bicyclic) bond motifs is 1. The first-order valence-corrected chi connectivity index (χ1v) is 11.6. The molecule has 37 heavy (non-hydrogen) atoms. The zero-order valence-corrected chi connectivity index (χ0v) is 20.3. The second-order valence-electron chi connectivity index (χ2n) is 8.28. The van der Waals surface area contributed by atoms with Crippen LogP contribution < -0.4 is 5.32 Å². The molecule has 1 unspecified atom stereocenters. The first-order valence-electron chi connectivity index (χ1n) is 11.6. The molecule has 1 N–H and O–H groups in total. The summed E-state index contributed by atoms with van der Waals surface area (Å²) in [6.45, 7) is 3.62. The maximum absolute atomic E-state index is 12.6. The molecule has 1 heterocycles. The van der Waals surface area contributed by atoms with Crippen molar-refractivity contribution in [1.29, 1.82) is 0 Å². The molecule has 7 nitrogen and oxygen atoms in total. The van der Waals surface area contributed by atoms with Crippen LogP contribution in [0.4, 0.5) is 10.5 Å². The number of nitrogens with zero attached hydrogens (tertiary/aromatic N) is 1. The van der Waals surface area contributed by atoms with Gasteiger partial charge in [-0.15, -0.1) is 0 Å². The van der Waals surface area contributed by atoms with Crippen molar-refractivity contribution < 1.29 is 23.6 Å². The Balaban J connectivity index is 0.00000102. The number of aromatic nitrogens is 1. The van der Waals surface area contributed by atoms with Crippen molar-refractivity contribution in [3.8, 4) is 22.5 Å². The van der Waals surface area contributed by atoms with Gasteiger partial charge < -0.3 is 9.26 Å². The Kier molecular flexibility index (Phi) is 7.88. The van der Waals surface area contributed by atoms with Crippen LogP contribution in [0, 0.1) is 6.92 Å². The summed E-state index contributed by atoms with van der Waals surface area (Å²) in [6.07, 6.45) is -0.692. The molecule has 1 amide bonds. The van der Waals surface area contributed by atoms with Crippen molar-refractivity contribution in [3.63, 3.8) is 0 Å². The highest BCUT2D eigenvalue weighted by Gasteiger charge is 2.20. The predicted octanol–water partition coefficient (Wildman–Crippen LogP) is 7.20. The summed E-state index contributed by atoms with van der Waals surface area (Å²) in [4.78, 5) is 28.8. The Morgan fingerprint density at radius 3 is 2.14 bits per heavy atom. The predicted molar refractivity (Wildman–Crippen MR) is 140 cm³/mol.